The van der Waals surface area contributed by atoms with Crippen molar-refractivity contribution in [2.75, 3.05) is 14.2 Å². The zero-order valence-electron chi connectivity index (χ0n) is 12.5. The van der Waals surface area contributed by atoms with Crippen LogP contribution in [-0.4, -0.2) is 14.2 Å². The van der Waals surface area contributed by atoms with Gasteiger partial charge in [-0.25, -0.2) is 0 Å². The Morgan fingerprint density at radius 1 is 1.14 bits per heavy atom. The Hall–Kier alpha value is -1.56. The number of hydrazine groups is 1. The van der Waals surface area contributed by atoms with Gasteiger partial charge in [0.15, 0.2) is 0 Å². The maximum Gasteiger partial charge on any atom is 0.127 e. The number of hydrogen-bond donors (Lipinski definition) is 2. The molecule has 114 valence electrons. The van der Waals surface area contributed by atoms with Crippen molar-refractivity contribution < 1.29 is 9.47 Å². The third-order valence-electron chi connectivity index (χ3n) is 3.51. The molecular formula is C16H22N2O2S. The molecule has 1 heterocycles. The number of ether oxygens (including phenoxy) is 2. The monoisotopic (exact) mass is 306 g/mol. The minimum Gasteiger partial charge on any atom is -0.496 e. The van der Waals surface area contributed by atoms with Gasteiger partial charge in [-0.1, -0.05) is 12.1 Å². The molecule has 21 heavy (non-hydrogen) atoms. The molecule has 0 saturated carbocycles. The van der Waals surface area contributed by atoms with Crippen LogP contribution >= 0.6 is 11.3 Å². The largest absolute Gasteiger partial charge is 0.496 e. The van der Waals surface area contributed by atoms with Crippen molar-refractivity contribution in [3.63, 3.8) is 0 Å². The molecule has 0 aliphatic carbocycles. The van der Waals surface area contributed by atoms with Crippen molar-refractivity contribution in [1.29, 1.82) is 0 Å². The number of rotatable bonds is 8. The number of aryl methyl sites for hydroxylation is 1. The maximum atomic E-state index is 5.75. The second-order valence-electron chi connectivity index (χ2n) is 4.77. The third kappa shape index (κ3) is 3.97. The summed E-state index contributed by atoms with van der Waals surface area (Å²) in [5.41, 5.74) is 3.87. The predicted molar refractivity (Wildman–Crippen MR) is 86.9 cm³/mol. The molecule has 0 fully saturated rings. The van der Waals surface area contributed by atoms with E-state index < -0.39 is 0 Å². The van der Waals surface area contributed by atoms with Crippen molar-refractivity contribution in [3.05, 3.63) is 46.2 Å². The van der Waals surface area contributed by atoms with Crippen molar-refractivity contribution in [2.45, 2.75) is 25.3 Å². The van der Waals surface area contributed by atoms with Crippen LogP contribution in [0.2, 0.25) is 0 Å². The summed E-state index contributed by atoms with van der Waals surface area (Å²) in [6.07, 6.45) is 3.04. The van der Waals surface area contributed by atoms with Crippen LogP contribution in [0.5, 0.6) is 11.5 Å². The summed E-state index contributed by atoms with van der Waals surface area (Å²) in [6.45, 7) is 0. The van der Waals surface area contributed by atoms with Gasteiger partial charge in [0.2, 0.25) is 0 Å². The van der Waals surface area contributed by atoms with E-state index >= 15 is 0 Å². The number of hydrogen-bond acceptors (Lipinski definition) is 5. The number of nitrogens with one attached hydrogen (secondary N) is 1. The molecule has 3 N–H and O–H groups in total. The van der Waals surface area contributed by atoms with Crippen LogP contribution in [0.25, 0.3) is 0 Å². The van der Waals surface area contributed by atoms with Crippen LogP contribution in [0.3, 0.4) is 0 Å². The quantitative estimate of drug-likeness (QED) is 0.580. The molecule has 2 aromatic rings. The summed E-state index contributed by atoms with van der Waals surface area (Å²) in [6, 6.07) is 10.0. The third-order valence-corrected chi connectivity index (χ3v) is 4.45. The van der Waals surface area contributed by atoms with Crippen molar-refractivity contribution in [1.82, 2.24) is 5.43 Å². The van der Waals surface area contributed by atoms with E-state index in [1.807, 2.05) is 18.2 Å². The molecule has 1 aromatic carbocycles. The fourth-order valence-corrected chi connectivity index (χ4v) is 3.22. The van der Waals surface area contributed by atoms with Crippen molar-refractivity contribution in [3.8, 4) is 11.5 Å². The van der Waals surface area contributed by atoms with Gasteiger partial charge >= 0.3 is 0 Å². The summed E-state index contributed by atoms with van der Waals surface area (Å²) in [5.74, 6) is 7.35. The van der Waals surface area contributed by atoms with E-state index in [9.17, 15) is 0 Å². The van der Waals surface area contributed by atoms with Gasteiger partial charge in [-0.3, -0.25) is 11.3 Å². The van der Waals surface area contributed by atoms with E-state index in [1.165, 1.54) is 4.88 Å². The lowest BCUT2D eigenvalue weighted by Crippen LogP contribution is -2.28. The Morgan fingerprint density at radius 2 is 1.86 bits per heavy atom. The molecule has 4 nitrogen and oxygen atoms in total. The molecule has 5 heteroatoms. The first-order valence-corrected chi connectivity index (χ1v) is 7.87. The minimum absolute atomic E-state index is 0.0102. The number of benzene rings is 1. The highest BCUT2D eigenvalue weighted by Gasteiger charge is 2.19. The number of methoxy groups -OCH3 is 2. The lowest BCUT2D eigenvalue weighted by Gasteiger charge is -2.21. The second-order valence-corrected chi connectivity index (χ2v) is 5.80. The highest BCUT2D eigenvalue weighted by molar-refractivity contribution is 7.09. The molecule has 1 atom stereocenters. The fourth-order valence-electron chi connectivity index (χ4n) is 2.47. The molecule has 2 rings (SSSR count). The summed E-state index contributed by atoms with van der Waals surface area (Å²) in [7, 11) is 3.33. The van der Waals surface area contributed by atoms with Gasteiger partial charge in [0.25, 0.3) is 0 Å². The van der Waals surface area contributed by atoms with E-state index in [0.29, 0.717) is 0 Å². The van der Waals surface area contributed by atoms with Crippen LogP contribution in [0.4, 0.5) is 0 Å². The molecule has 0 spiro atoms. The summed E-state index contributed by atoms with van der Waals surface area (Å²) in [5, 5.41) is 2.11. The molecule has 1 aromatic heterocycles. The van der Waals surface area contributed by atoms with Gasteiger partial charge in [0.05, 0.1) is 25.8 Å². The minimum atomic E-state index is 0.0102. The SMILES string of the molecule is COc1cccc(OC)c1C(CCCc1cccs1)NN. The first-order valence-electron chi connectivity index (χ1n) is 6.99. The molecule has 0 radical (unpaired) electrons. The maximum absolute atomic E-state index is 5.75. The van der Waals surface area contributed by atoms with Gasteiger partial charge in [0.1, 0.15) is 11.5 Å². The van der Waals surface area contributed by atoms with E-state index in [2.05, 4.69) is 22.9 Å². The first kappa shape index (κ1) is 15.8. The van der Waals surface area contributed by atoms with Crippen LogP contribution in [0.1, 0.15) is 29.3 Å². The van der Waals surface area contributed by atoms with Crippen LogP contribution in [0.15, 0.2) is 35.7 Å². The average Bonchev–Trinajstić information content (AvgIpc) is 3.04. The van der Waals surface area contributed by atoms with Gasteiger partial charge in [0, 0.05) is 4.88 Å². The Labute approximate surface area is 129 Å². The summed E-state index contributed by atoms with van der Waals surface area (Å²) >= 11 is 1.79. The highest BCUT2D eigenvalue weighted by Crippen LogP contribution is 2.35. The van der Waals surface area contributed by atoms with Gasteiger partial charge in [-0.2, -0.15) is 0 Å². The zero-order chi connectivity index (χ0) is 15.1. The molecule has 1 unspecified atom stereocenters. The Kier molecular flexibility index (Phi) is 6.04. The number of nitrogens with two attached hydrogens (primary N) is 1. The molecule has 0 saturated heterocycles. The standard InChI is InChI=1S/C16H22N2O2S/c1-19-14-9-4-10-15(20-2)16(14)13(18-17)8-3-6-12-7-5-11-21-12/h4-5,7,9-11,13,18H,3,6,8,17H2,1-2H3. The highest BCUT2D eigenvalue weighted by atomic mass is 32.1. The van der Waals surface area contributed by atoms with Gasteiger partial charge < -0.3 is 9.47 Å². The lowest BCUT2D eigenvalue weighted by atomic mass is 9.99. The normalized spacial score (nSPS) is 12.1. The van der Waals surface area contributed by atoms with E-state index in [-0.39, 0.29) is 6.04 Å². The van der Waals surface area contributed by atoms with Crippen molar-refractivity contribution >= 4 is 11.3 Å². The van der Waals surface area contributed by atoms with Crippen LogP contribution < -0.4 is 20.7 Å². The number of thiophene rings is 1. The Morgan fingerprint density at radius 3 is 2.38 bits per heavy atom. The topological polar surface area (TPSA) is 56.5 Å². The van der Waals surface area contributed by atoms with Gasteiger partial charge in [-0.05, 0) is 42.8 Å². The molecule has 0 bridgehead atoms. The lowest BCUT2D eigenvalue weighted by molar-refractivity contribution is 0.365. The Bertz CT molecular complexity index is 521. The van der Waals surface area contributed by atoms with Crippen molar-refractivity contribution in [2.24, 2.45) is 5.84 Å². The molecular weight excluding hydrogens is 284 g/mol. The molecule has 0 aliphatic heterocycles. The smallest absolute Gasteiger partial charge is 0.127 e. The van der Waals surface area contributed by atoms with Crippen LogP contribution in [0, 0.1) is 0 Å². The predicted octanol–water partition coefficient (Wildman–Crippen LogP) is 3.29. The zero-order valence-corrected chi connectivity index (χ0v) is 13.3. The van der Waals surface area contributed by atoms with Crippen LogP contribution in [-0.2, 0) is 6.42 Å². The van der Waals surface area contributed by atoms with Gasteiger partial charge in [-0.15, -0.1) is 11.3 Å². The van der Waals surface area contributed by atoms with E-state index in [0.717, 1.165) is 36.3 Å². The second kappa shape index (κ2) is 8.02. The Balaban J connectivity index is 2.09. The summed E-state index contributed by atoms with van der Waals surface area (Å²) in [4.78, 5) is 1.40. The molecule has 0 aliphatic rings. The summed E-state index contributed by atoms with van der Waals surface area (Å²) < 4.78 is 10.9. The van der Waals surface area contributed by atoms with E-state index in [4.69, 9.17) is 15.3 Å². The first-order chi connectivity index (χ1) is 10.3. The average molecular weight is 306 g/mol. The molecule has 0 amide bonds. The fraction of sp³-hybridized carbons (Fsp3) is 0.375. The van der Waals surface area contributed by atoms with E-state index in [1.54, 1.807) is 25.6 Å².